The topological polar surface area (TPSA) is 68.2 Å². The number of guanidine groups is 1. The standard InChI is InChI=1S/C17H23N5/c18-17(19-11-14-4-1-5-14)20-12-15-6-2-7-16(10-15)13-22-9-3-8-21-22/h2-3,6-10,14H,1,4-5,11-13H2,(H3,18,19,20). The lowest BCUT2D eigenvalue weighted by molar-refractivity contribution is 0.315. The van der Waals surface area contributed by atoms with Crippen molar-refractivity contribution < 1.29 is 0 Å². The van der Waals surface area contributed by atoms with Crippen LogP contribution in [0.25, 0.3) is 0 Å². The summed E-state index contributed by atoms with van der Waals surface area (Å²) in [6.07, 6.45) is 7.74. The first-order valence-electron chi connectivity index (χ1n) is 7.88. The maximum Gasteiger partial charge on any atom is 0.188 e. The van der Waals surface area contributed by atoms with Gasteiger partial charge in [0.15, 0.2) is 5.96 Å². The summed E-state index contributed by atoms with van der Waals surface area (Å²) in [5.41, 5.74) is 8.31. The highest BCUT2D eigenvalue weighted by molar-refractivity contribution is 5.77. The van der Waals surface area contributed by atoms with Gasteiger partial charge in [-0.2, -0.15) is 5.10 Å². The van der Waals surface area contributed by atoms with Gasteiger partial charge in [-0.05, 0) is 36.0 Å². The van der Waals surface area contributed by atoms with Crippen molar-refractivity contribution in [3.63, 3.8) is 0 Å². The van der Waals surface area contributed by atoms with Crippen molar-refractivity contribution in [3.8, 4) is 0 Å². The number of hydrogen-bond acceptors (Lipinski definition) is 2. The maximum absolute atomic E-state index is 5.92. The van der Waals surface area contributed by atoms with Crippen LogP contribution in [0, 0.1) is 5.92 Å². The first kappa shape index (κ1) is 14.6. The van der Waals surface area contributed by atoms with Crippen LogP contribution in [0.15, 0.2) is 47.7 Å². The molecule has 1 heterocycles. The molecule has 2 aromatic rings. The summed E-state index contributed by atoms with van der Waals surface area (Å²) in [6.45, 7) is 2.34. The number of aromatic nitrogens is 2. The highest BCUT2D eigenvalue weighted by Crippen LogP contribution is 2.24. The Kier molecular flexibility index (Phi) is 4.73. The summed E-state index contributed by atoms with van der Waals surface area (Å²) >= 11 is 0. The minimum absolute atomic E-state index is 0.546. The molecule has 5 heteroatoms. The Bertz CT molecular complexity index is 614. The predicted molar refractivity (Wildman–Crippen MR) is 88.4 cm³/mol. The Morgan fingerprint density at radius 1 is 1.32 bits per heavy atom. The molecule has 0 spiro atoms. The molecule has 5 nitrogen and oxygen atoms in total. The number of hydrogen-bond donors (Lipinski definition) is 2. The number of benzene rings is 1. The number of nitrogens with two attached hydrogens (primary N) is 1. The van der Waals surface area contributed by atoms with E-state index >= 15 is 0 Å². The zero-order valence-corrected chi connectivity index (χ0v) is 12.8. The SMILES string of the molecule is NC(=NCc1cccc(Cn2cccn2)c1)NCC1CCC1. The minimum atomic E-state index is 0.546. The van der Waals surface area contributed by atoms with Crippen LogP contribution in [0.3, 0.4) is 0 Å². The summed E-state index contributed by atoms with van der Waals surface area (Å²) in [6, 6.07) is 10.3. The average Bonchev–Trinajstić information content (AvgIpc) is 2.97. The molecule has 1 aromatic carbocycles. The van der Waals surface area contributed by atoms with E-state index in [0.717, 1.165) is 24.6 Å². The van der Waals surface area contributed by atoms with Crippen LogP contribution in [0.1, 0.15) is 30.4 Å². The van der Waals surface area contributed by atoms with E-state index in [9.17, 15) is 0 Å². The molecule has 1 aliphatic carbocycles. The third-order valence-corrected chi connectivity index (χ3v) is 4.12. The molecular weight excluding hydrogens is 274 g/mol. The average molecular weight is 297 g/mol. The summed E-state index contributed by atoms with van der Waals surface area (Å²) in [7, 11) is 0. The molecule has 0 aliphatic heterocycles. The van der Waals surface area contributed by atoms with Crippen LogP contribution < -0.4 is 11.1 Å². The molecule has 116 valence electrons. The lowest BCUT2D eigenvalue weighted by Crippen LogP contribution is -2.37. The minimum Gasteiger partial charge on any atom is -0.370 e. The van der Waals surface area contributed by atoms with Gasteiger partial charge in [-0.15, -0.1) is 0 Å². The van der Waals surface area contributed by atoms with Gasteiger partial charge in [-0.25, -0.2) is 4.99 Å². The summed E-state index contributed by atoms with van der Waals surface area (Å²) < 4.78 is 1.91. The van der Waals surface area contributed by atoms with Crippen LogP contribution in [0.2, 0.25) is 0 Å². The van der Waals surface area contributed by atoms with Gasteiger partial charge >= 0.3 is 0 Å². The second kappa shape index (κ2) is 7.11. The molecule has 0 atom stereocenters. The summed E-state index contributed by atoms with van der Waals surface area (Å²) in [4.78, 5) is 4.42. The van der Waals surface area contributed by atoms with Crippen molar-refractivity contribution in [2.24, 2.45) is 16.6 Å². The molecule has 1 saturated carbocycles. The maximum atomic E-state index is 5.92. The quantitative estimate of drug-likeness (QED) is 0.634. The van der Waals surface area contributed by atoms with E-state index in [0.29, 0.717) is 12.5 Å². The Morgan fingerprint density at radius 2 is 2.18 bits per heavy atom. The number of nitrogens with zero attached hydrogens (tertiary/aromatic N) is 3. The highest BCUT2D eigenvalue weighted by atomic mass is 15.3. The number of nitrogens with one attached hydrogen (secondary N) is 1. The lowest BCUT2D eigenvalue weighted by Gasteiger charge is -2.25. The van der Waals surface area contributed by atoms with Gasteiger partial charge in [0.05, 0.1) is 13.1 Å². The molecule has 0 bridgehead atoms. The van der Waals surface area contributed by atoms with Crippen LogP contribution in [0.4, 0.5) is 0 Å². The van der Waals surface area contributed by atoms with E-state index in [1.165, 1.54) is 24.8 Å². The molecule has 0 unspecified atom stereocenters. The van der Waals surface area contributed by atoms with E-state index in [1.54, 1.807) is 6.20 Å². The summed E-state index contributed by atoms with van der Waals surface area (Å²) in [5, 5.41) is 7.45. The van der Waals surface area contributed by atoms with E-state index < -0.39 is 0 Å². The highest BCUT2D eigenvalue weighted by Gasteiger charge is 2.16. The predicted octanol–water partition coefficient (Wildman–Crippen LogP) is 2.14. The van der Waals surface area contributed by atoms with Crippen LogP contribution in [-0.2, 0) is 13.1 Å². The second-order valence-electron chi connectivity index (χ2n) is 5.90. The second-order valence-corrected chi connectivity index (χ2v) is 5.90. The number of aliphatic imine (C=N–C) groups is 1. The monoisotopic (exact) mass is 297 g/mol. The molecule has 0 saturated heterocycles. The Morgan fingerprint density at radius 3 is 2.91 bits per heavy atom. The lowest BCUT2D eigenvalue weighted by atomic mass is 9.85. The fourth-order valence-corrected chi connectivity index (χ4v) is 2.59. The molecule has 3 N–H and O–H groups in total. The third kappa shape index (κ3) is 4.10. The first-order valence-corrected chi connectivity index (χ1v) is 7.88. The third-order valence-electron chi connectivity index (χ3n) is 4.12. The van der Waals surface area contributed by atoms with Crippen LogP contribution in [-0.4, -0.2) is 22.3 Å². The molecule has 22 heavy (non-hydrogen) atoms. The van der Waals surface area contributed by atoms with Gasteiger partial charge in [-0.3, -0.25) is 4.68 Å². The van der Waals surface area contributed by atoms with Crippen molar-refractivity contribution in [2.75, 3.05) is 6.54 Å². The van der Waals surface area contributed by atoms with E-state index in [1.807, 2.05) is 16.9 Å². The van der Waals surface area contributed by atoms with Crippen molar-refractivity contribution in [2.45, 2.75) is 32.4 Å². The number of rotatable bonds is 6. The van der Waals surface area contributed by atoms with Gasteiger partial charge in [-0.1, -0.05) is 30.7 Å². The normalized spacial score (nSPS) is 15.5. The molecule has 1 aromatic heterocycles. The Balaban J connectivity index is 1.52. The van der Waals surface area contributed by atoms with E-state index in [4.69, 9.17) is 5.73 Å². The Labute approximate surface area is 131 Å². The van der Waals surface area contributed by atoms with Crippen LogP contribution in [0.5, 0.6) is 0 Å². The molecule has 3 rings (SSSR count). The first-order chi connectivity index (χ1) is 10.8. The molecule has 0 amide bonds. The molecular formula is C17H23N5. The zero-order valence-electron chi connectivity index (χ0n) is 12.8. The largest absolute Gasteiger partial charge is 0.370 e. The van der Waals surface area contributed by atoms with Gasteiger partial charge in [0.2, 0.25) is 0 Å². The van der Waals surface area contributed by atoms with Crippen molar-refractivity contribution in [1.29, 1.82) is 0 Å². The summed E-state index contributed by atoms with van der Waals surface area (Å²) in [5.74, 6) is 1.33. The van der Waals surface area contributed by atoms with Gasteiger partial charge in [0, 0.05) is 18.9 Å². The Hall–Kier alpha value is -2.30. The van der Waals surface area contributed by atoms with E-state index in [2.05, 4.69) is 39.7 Å². The van der Waals surface area contributed by atoms with Gasteiger partial charge < -0.3 is 11.1 Å². The van der Waals surface area contributed by atoms with Gasteiger partial charge in [0.25, 0.3) is 0 Å². The fraction of sp³-hybridized carbons (Fsp3) is 0.412. The molecule has 0 radical (unpaired) electrons. The zero-order chi connectivity index (χ0) is 15.2. The molecule has 1 fully saturated rings. The van der Waals surface area contributed by atoms with Crippen LogP contribution >= 0.6 is 0 Å². The molecule has 1 aliphatic rings. The smallest absolute Gasteiger partial charge is 0.188 e. The fourth-order valence-electron chi connectivity index (χ4n) is 2.59. The van der Waals surface area contributed by atoms with Crippen molar-refractivity contribution in [1.82, 2.24) is 15.1 Å². The van der Waals surface area contributed by atoms with E-state index in [-0.39, 0.29) is 0 Å². The van der Waals surface area contributed by atoms with Crippen molar-refractivity contribution >= 4 is 5.96 Å². The van der Waals surface area contributed by atoms with Gasteiger partial charge in [0.1, 0.15) is 0 Å². The van der Waals surface area contributed by atoms with Crippen molar-refractivity contribution in [3.05, 3.63) is 53.9 Å².